The lowest BCUT2D eigenvalue weighted by Crippen LogP contribution is -2.36. The lowest BCUT2D eigenvalue weighted by molar-refractivity contribution is 0.0331. The highest BCUT2D eigenvalue weighted by molar-refractivity contribution is 9.10. The molecule has 2 aromatic rings. The highest BCUT2D eigenvalue weighted by Crippen LogP contribution is 2.40. The number of anilines is 1. The van der Waals surface area contributed by atoms with E-state index in [1.807, 2.05) is 0 Å². The molecule has 1 aromatic carbocycles. The van der Waals surface area contributed by atoms with E-state index in [4.69, 9.17) is 10.5 Å². The molecule has 1 aliphatic rings. The van der Waals surface area contributed by atoms with Crippen molar-refractivity contribution in [2.24, 2.45) is 10.7 Å². The standard InChI is InChI=1S/C18H16BrF3N4O2.ClH/c19-10-1-4-14(24-8-10)16(27)25-11-2-3-13(20)12(7-11)18(17(21)22)5-6-28-9-15(23)26-18;/h1-4,7-8,17H,5-6,9H2,(H2,23,26)(H,25,27);1H/t18-;/m0./s1. The molecule has 3 rings (SSSR count). The van der Waals surface area contributed by atoms with Crippen molar-refractivity contribution < 1.29 is 22.7 Å². The molecule has 0 radical (unpaired) electrons. The van der Waals surface area contributed by atoms with E-state index in [0.29, 0.717) is 4.47 Å². The summed E-state index contributed by atoms with van der Waals surface area (Å²) in [5, 5.41) is 2.53. The largest absolute Gasteiger partial charge is 0.385 e. The summed E-state index contributed by atoms with van der Waals surface area (Å²) < 4.78 is 48.4. The molecule has 29 heavy (non-hydrogen) atoms. The molecular formula is C18H17BrClF3N4O2. The Morgan fingerprint density at radius 3 is 2.72 bits per heavy atom. The van der Waals surface area contributed by atoms with Crippen LogP contribution in [0.3, 0.4) is 0 Å². The lowest BCUT2D eigenvalue weighted by atomic mass is 9.87. The number of benzene rings is 1. The fourth-order valence-electron chi connectivity index (χ4n) is 2.86. The van der Waals surface area contributed by atoms with Crippen molar-refractivity contribution in [3.05, 3.63) is 58.1 Å². The van der Waals surface area contributed by atoms with E-state index in [9.17, 15) is 18.0 Å². The second-order valence-corrected chi connectivity index (χ2v) is 7.06. The number of hydrogen-bond acceptors (Lipinski definition) is 5. The van der Waals surface area contributed by atoms with Crippen molar-refractivity contribution in [3.63, 3.8) is 0 Å². The van der Waals surface area contributed by atoms with Crippen LogP contribution in [0.1, 0.15) is 22.5 Å². The highest BCUT2D eigenvalue weighted by atomic mass is 79.9. The average molecular weight is 494 g/mol. The van der Waals surface area contributed by atoms with Gasteiger partial charge in [-0.2, -0.15) is 0 Å². The van der Waals surface area contributed by atoms with Crippen LogP contribution in [0.2, 0.25) is 0 Å². The maximum Gasteiger partial charge on any atom is 0.274 e. The molecule has 1 aliphatic heterocycles. The van der Waals surface area contributed by atoms with Crippen LogP contribution >= 0.6 is 28.3 Å². The van der Waals surface area contributed by atoms with Gasteiger partial charge in [-0.1, -0.05) is 0 Å². The van der Waals surface area contributed by atoms with Crippen molar-refractivity contribution in [2.45, 2.75) is 18.4 Å². The summed E-state index contributed by atoms with van der Waals surface area (Å²) in [6.07, 6.45) is -1.84. The van der Waals surface area contributed by atoms with Gasteiger partial charge in [0.05, 0.1) is 6.61 Å². The summed E-state index contributed by atoms with van der Waals surface area (Å²) in [6.45, 7) is -0.171. The number of rotatable bonds is 4. The van der Waals surface area contributed by atoms with Crippen LogP contribution in [-0.2, 0) is 10.3 Å². The first-order valence-electron chi connectivity index (χ1n) is 8.25. The third-order valence-corrected chi connectivity index (χ3v) is 4.70. The van der Waals surface area contributed by atoms with E-state index in [1.54, 1.807) is 6.07 Å². The SMILES string of the molecule is Cl.NC1=N[C@@](c2cc(NC(=O)c3ccc(Br)cn3)ccc2F)(C(F)F)CCOC1. The van der Waals surface area contributed by atoms with Crippen LogP contribution in [0.15, 0.2) is 46.0 Å². The minimum Gasteiger partial charge on any atom is -0.385 e. The molecule has 0 spiro atoms. The topological polar surface area (TPSA) is 89.6 Å². The molecule has 0 saturated heterocycles. The number of hydrogen-bond donors (Lipinski definition) is 2. The summed E-state index contributed by atoms with van der Waals surface area (Å²) in [7, 11) is 0. The van der Waals surface area contributed by atoms with Gasteiger partial charge in [0.15, 0.2) is 5.54 Å². The number of ether oxygens (including phenoxy) is 1. The Kier molecular flexibility index (Phi) is 7.61. The molecule has 0 saturated carbocycles. The summed E-state index contributed by atoms with van der Waals surface area (Å²) in [4.78, 5) is 20.2. The van der Waals surface area contributed by atoms with Gasteiger partial charge in [0.1, 0.15) is 24.0 Å². The van der Waals surface area contributed by atoms with Crippen molar-refractivity contribution in [3.8, 4) is 0 Å². The Morgan fingerprint density at radius 2 is 2.07 bits per heavy atom. The molecule has 1 aromatic heterocycles. The third-order valence-electron chi connectivity index (χ3n) is 4.23. The molecule has 0 aliphatic carbocycles. The Balaban J connectivity index is 0.00000300. The maximum atomic E-state index is 14.5. The Morgan fingerprint density at radius 1 is 1.31 bits per heavy atom. The smallest absolute Gasteiger partial charge is 0.274 e. The fourth-order valence-corrected chi connectivity index (χ4v) is 3.09. The first-order valence-corrected chi connectivity index (χ1v) is 9.04. The average Bonchev–Trinajstić information content (AvgIpc) is 2.86. The first kappa shape index (κ1) is 23.1. The predicted molar refractivity (Wildman–Crippen MR) is 108 cm³/mol. The van der Waals surface area contributed by atoms with Gasteiger partial charge in [-0.05, 0) is 46.3 Å². The maximum absolute atomic E-state index is 14.5. The second-order valence-electron chi connectivity index (χ2n) is 6.14. The van der Waals surface area contributed by atoms with Crippen LogP contribution in [0.4, 0.5) is 18.9 Å². The minimum atomic E-state index is -3.03. The Hall–Kier alpha value is -2.17. The molecule has 3 N–H and O–H groups in total. The molecule has 0 fully saturated rings. The number of halogens is 5. The van der Waals surface area contributed by atoms with E-state index < -0.39 is 23.7 Å². The van der Waals surface area contributed by atoms with Crippen LogP contribution < -0.4 is 11.1 Å². The molecular weight excluding hydrogens is 477 g/mol. The predicted octanol–water partition coefficient (Wildman–Crippen LogP) is 3.90. The number of pyridine rings is 1. The highest BCUT2D eigenvalue weighted by Gasteiger charge is 2.45. The molecule has 156 valence electrons. The molecule has 6 nitrogen and oxygen atoms in total. The zero-order valence-corrected chi connectivity index (χ0v) is 17.3. The van der Waals surface area contributed by atoms with E-state index >= 15 is 0 Å². The van der Waals surface area contributed by atoms with Crippen molar-refractivity contribution in [2.75, 3.05) is 18.5 Å². The third kappa shape index (κ3) is 5.06. The number of carbonyl (C=O) groups is 1. The van der Waals surface area contributed by atoms with E-state index in [-0.39, 0.29) is 54.8 Å². The number of nitrogens with zero attached hydrogens (tertiary/aromatic N) is 2. The van der Waals surface area contributed by atoms with E-state index in [1.165, 1.54) is 18.3 Å². The lowest BCUT2D eigenvalue weighted by Gasteiger charge is -2.29. The normalized spacial score (nSPS) is 19.1. The molecule has 0 bridgehead atoms. The van der Waals surface area contributed by atoms with Gasteiger partial charge in [-0.25, -0.2) is 18.2 Å². The van der Waals surface area contributed by atoms with Crippen LogP contribution in [0, 0.1) is 5.82 Å². The van der Waals surface area contributed by atoms with Crippen LogP contribution in [-0.4, -0.2) is 36.4 Å². The van der Waals surface area contributed by atoms with Gasteiger partial charge in [0.25, 0.3) is 12.3 Å². The molecule has 2 heterocycles. The van der Waals surface area contributed by atoms with Crippen molar-refractivity contribution >= 4 is 45.8 Å². The van der Waals surface area contributed by atoms with E-state index in [2.05, 4.69) is 31.2 Å². The molecule has 11 heteroatoms. The summed E-state index contributed by atoms with van der Waals surface area (Å²) in [5.74, 6) is -1.59. The van der Waals surface area contributed by atoms with Gasteiger partial charge in [0, 0.05) is 28.3 Å². The second kappa shape index (κ2) is 9.55. The minimum absolute atomic E-state index is 0. The number of nitrogens with two attached hydrogens (primary N) is 1. The number of nitrogens with one attached hydrogen (secondary N) is 1. The van der Waals surface area contributed by atoms with Gasteiger partial charge >= 0.3 is 0 Å². The van der Waals surface area contributed by atoms with Crippen LogP contribution in [0.5, 0.6) is 0 Å². The van der Waals surface area contributed by atoms with Crippen molar-refractivity contribution in [1.29, 1.82) is 0 Å². The van der Waals surface area contributed by atoms with Crippen LogP contribution in [0.25, 0.3) is 0 Å². The van der Waals surface area contributed by atoms with Gasteiger partial charge in [-0.15, -0.1) is 12.4 Å². The Labute approximate surface area is 179 Å². The number of amidine groups is 1. The van der Waals surface area contributed by atoms with Gasteiger partial charge < -0.3 is 15.8 Å². The van der Waals surface area contributed by atoms with Crippen molar-refractivity contribution in [1.82, 2.24) is 4.98 Å². The fraction of sp³-hybridized carbons (Fsp3) is 0.278. The number of carbonyl (C=O) groups excluding carboxylic acids is 1. The summed E-state index contributed by atoms with van der Waals surface area (Å²) in [6, 6.07) is 6.53. The monoisotopic (exact) mass is 492 g/mol. The summed E-state index contributed by atoms with van der Waals surface area (Å²) in [5.41, 5.74) is 3.32. The number of amides is 1. The Bertz CT molecular complexity index is 914. The molecule has 1 atom stereocenters. The number of alkyl halides is 2. The van der Waals surface area contributed by atoms with Gasteiger partial charge in [0.2, 0.25) is 0 Å². The van der Waals surface area contributed by atoms with Gasteiger partial charge in [-0.3, -0.25) is 9.79 Å². The number of aliphatic imine (C=N–C) groups is 1. The zero-order chi connectivity index (χ0) is 20.3. The zero-order valence-electron chi connectivity index (χ0n) is 14.9. The quantitative estimate of drug-likeness (QED) is 0.676. The first-order chi connectivity index (χ1) is 13.3. The van der Waals surface area contributed by atoms with E-state index in [0.717, 1.165) is 12.1 Å². The number of aromatic nitrogens is 1. The molecule has 0 unspecified atom stereocenters. The molecule has 1 amide bonds. The summed E-state index contributed by atoms with van der Waals surface area (Å²) >= 11 is 3.21.